The van der Waals surface area contributed by atoms with Crippen LogP contribution >= 0.6 is 0 Å². The number of likely N-dealkylation sites (tertiary alicyclic amines) is 1. The number of carbonyl (C=O) groups excluding carboxylic acids is 3. The van der Waals surface area contributed by atoms with Gasteiger partial charge >= 0.3 is 5.97 Å². The molecule has 8 heteroatoms. The first-order valence-corrected chi connectivity index (χ1v) is 13.3. The van der Waals surface area contributed by atoms with Crippen LogP contribution in [0.15, 0.2) is 42.5 Å². The number of aliphatic hydroxyl groups excluding tert-OH is 1. The molecule has 4 aliphatic heterocycles. The Labute approximate surface area is 217 Å². The molecule has 37 heavy (non-hydrogen) atoms. The number of rotatable bonds is 5. The summed E-state index contributed by atoms with van der Waals surface area (Å²) in [6.45, 7) is 8.13. The number of fused-ring (bicyclic) bond motifs is 2. The van der Waals surface area contributed by atoms with E-state index in [2.05, 4.69) is 0 Å². The summed E-state index contributed by atoms with van der Waals surface area (Å²) in [6.07, 6.45) is 8.03. The highest BCUT2D eigenvalue weighted by molar-refractivity contribution is 6.06. The van der Waals surface area contributed by atoms with Gasteiger partial charge in [0.15, 0.2) is 0 Å². The molecule has 198 valence electrons. The minimum absolute atomic E-state index is 0.0708. The topological polar surface area (TPSA) is 96.4 Å². The number of amides is 2. The molecule has 0 radical (unpaired) electrons. The van der Waals surface area contributed by atoms with Gasteiger partial charge < -0.3 is 24.4 Å². The van der Waals surface area contributed by atoms with E-state index in [-0.39, 0.29) is 30.9 Å². The van der Waals surface area contributed by atoms with Gasteiger partial charge in [-0.3, -0.25) is 14.4 Å². The summed E-state index contributed by atoms with van der Waals surface area (Å²) in [5.74, 6) is -2.95. The number of cyclic esters (lactones) is 1. The van der Waals surface area contributed by atoms with Crippen LogP contribution in [0.2, 0.25) is 0 Å². The van der Waals surface area contributed by atoms with Gasteiger partial charge in [0.1, 0.15) is 17.6 Å². The Morgan fingerprint density at radius 2 is 1.86 bits per heavy atom. The van der Waals surface area contributed by atoms with E-state index in [0.29, 0.717) is 19.4 Å². The van der Waals surface area contributed by atoms with Gasteiger partial charge in [0.05, 0.1) is 31.3 Å². The Morgan fingerprint density at radius 3 is 2.54 bits per heavy atom. The van der Waals surface area contributed by atoms with Crippen LogP contribution in [0.4, 0.5) is 5.69 Å². The molecule has 5 rings (SSSR count). The zero-order chi connectivity index (χ0) is 26.5. The van der Waals surface area contributed by atoms with Crippen LogP contribution < -0.4 is 4.90 Å². The fourth-order valence-electron chi connectivity index (χ4n) is 6.65. The van der Waals surface area contributed by atoms with Gasteiger partial charge in [0, 0.05) is 12.2 Å². The van der Waals surface area contributed by atoms with Crippen LogP contribution in [0.3, 0.4) is 0 Å². The van der Waals surface area contributed by atoms with Gasteiger partial charge in [-0.05, 0) is 37.3 Å². The third kappa shape index (κ3) is 3.84. The second-order valence-corrected chi connectivity index (χ2v) is 10.7. The third-order valence-electron chi connectivity index (χ3n) is 8.61. The van der Waals surface area contributed by atoms with E-state index < -0.39 is 41.6 Å². The highest BCUT2D eigenvalue weighted by Gasteiger charge is 2.72. The minimum Gasteiger partial charge on any atom is -0.465 e. The molecule has 2 amide bonds. The number of anilines is 1. The van der Waals surface area contributed by atoms with Crippen molar-refractivity contribution in [1.29, 1.82) is 0 Å². The summed E-state index contributed by atoms with van der Waals surface area (Å²) in [4.78, 5) is 45.3. The lowest BCUT2D eigenvalue weighted by Crippen LogP contribution is -2.59. The van der Waals surface area contributed by atoms with Crippen molar-refractivity contribution in [3.05, 3.63) is 53.6 Å². The summed E-state index contributed by atoms with van der Waals surface area (Å²) in [6, 6.07) is 4.26. The van der Waals surface area contributed by atoms with Gasteiger partial charge in [0.25, 0.3) is 5.91 Å². The quantitative estimate of drug-likeness (QED) is 0.485. The van der Waals surface area contributed by atoms with Crippen molar-refractivity contribution in [2.24, 2.45) is 17.8 Å². The van der Waals surface area contributed by atoms with Gasteiger partial charge in [0.2, 0.25) is 5.91 Å². The van der Waals surface area contributed by atoms with Crippen LogP contribution in [-0.2, 0) is 23.9 Å². The van der Waals surface area contributed by atoms with Gasteiger partial charge in [-0.1, -0.05) is 62.8 Å². The lowest BCUT2D eigenvalue weighted by atomic mass is 9.77. The fourth-order valence-corrected chi connectivity index (χ4v) is 6.65. The maximum Gasteiger partial charge on any atom is 0.312 e. The molecule has 8 nitrogen and oxygen atoms in total. The maximum atomic E-state index is 14.6. The molecule has 2 fully saturated rings. The molecule has 1 N–H and O–H groups in total. The normalized spacial score (nSPS) is 32.7. The number of hydrogen-bond donors (Lipinski definition) is 1. The van der Waals surface area contributed by atoms with Crippen molar-refractivity contribution in [3.8, 4) is 0 Å². The first kappa shape index (κ1) is 25.7. The van der Waals surface area contributed by atoms with Crippen LogP contribution in [0.1, 0.15) is 37.8 Å². The van der Waals surface area contributed by atoms with E-state index in [0.717, 1.165) is 16.8 Å². The molecule has 1 aromatic rings. The monoisotopic (exact) mass is 508 g/mol. The first-order chi connectivity index (χ1) is 17.8. The molecule has 1 spiro atoms. The molecule has 1 aromatic carbocycles. The van der Waals surface area contributed by atoms with Crippen molar-refractivity contribution < 1.29 is 29.0 Å². The number of aliphatic hydroxyl groups is 1. The first-order valence-electron chi connectivity index (χ1n) is 13.3. The molecule has 0 aliphatic carbocycles. The predicted molar refractivity (Wildman–Crippen MR) is 138 cm³/mol. The zero-order valence-corrected chi connectivity index (χ0v) is 21.9. The molecular weight excluding hydrogens is 472 g/mol. The largest absolute Gasteiger partial charge is 0.465 e. The van der Waals surface area contributed by atoms with E-state index in [4.69, 9.17) is 9.47 Å². The number of esters is 1. The molecule has 7 atom stereocenters. The molecule has 0 aromatic heterocycles. The number of aryl methyl sites for hydroxylation is 2. The number of hydrogen-bond acceptors (Lipinski definition) is 6. The predicted octanol–water partition coefficient (Wildman–Crippen LogP) is 2.70. The lowest BCUT2D eigenvalue weighted by Gasteiger charge is -2.40. The van der Waals surface area contributed by atoms with Crippen molar-refractivity contribution in [3.63, 3.8) is 0 Å². The van der Waals surface area contributed by atoms with E-state index in [1.54, 1.807) is 4.90 Å². The smallest absolute Gasteiger partial charge is 0.312 e. The Balaban J connectivity index is 1.69. The SMILES string of the molecule is CC[C@H](C)[C@H](CO)N1C(=O)[C@@H]2[C@H]3C(=O)OCCC=C[C@H]3O[C@@]23C=CCN(c2c(C)cccc2C)C(=O)C13. The molecule has 1 unspecified atom stereocenters. The molecule has 2 saturated heterocycles. The fraction of sp³-hybridized carbons (Fsp3) is 0.552. The van der Waals surface area contributed by atoms with Gasteiger partial charge in [-0.15, -0.1) is 0 Å². The molecule has 4 aliphatic rings. The van der Waals surface area contributed by atoms with Crippen LogP contribution in [0.25, 0.3) is 0 Å². The van der Waals surface area contributed by atoms with Gasteiger partial charge in [-0.25, -0.2) is 0 Å². The standard InChI is InChI=1S/C29H36N2O6/c1-5-17(2)20(16-32)31-25-27(34)30(24-18(3)10-8-11-19(24)4)14-9-13-29(25)23(26(31)33)22-21(37-29)12-6-7-15-36-28(22)35/h6,8-13,17,20-23,25,32H,5,7,14-16H2,1-4H3/t17-,20-,21+,22-,23-,25?,29-/m0/s1. The Bertz CT molecular complexity index is 1140. The number of carbonyl (C=O) groups is 3. The van der Waals surface area contributed by atoms with Crippen LogP contribution in [0, 0.1) is 31.6 Å². The van der Waals surface area contributed by atoms with Crippen LogP contribution in [0.5, 0.6) is 0 Å². The van der Waals surface area contributed by atoms with Crippen molar-refractivity contribution in [2.45, 2.75) is 64.3 Å². The van der Waals surface area contributed by atoms with Crippen molar-refractivity contribution in [2.75, 3.05) is 24.7 Å². The summed E-state index contributed by atoms with van der Waals surface area (Å²) in [5, 5.41) is 10.5. The Hall–Kier alpha value is -2.97. The van der Waals surface area contributed by atoms with E-state index in [9.17, 15) is 19.5 Å². The Morgan fingerprint density at radius 1 is 1.14 bits per heavy atom. The van der Waals surface area contributed by atoms with E-state index >= 15 is 0 Å². The lowest BCUT2D eigenvalue weighted by molar-refractivity contribution is -0.155. The molecule has 0 bridgehead atoms. The highest BCUT2D eigenvalue weighted by atomic mass is 16.6. The van der Waals surface area contributed by atoms with Gasteiger partial charge in [-0.2, -0.15) is 0 Å². The van der Waals surface area contributed by atoms with Crippen molar-refractivity contribution >= 4 is 23.5 Å². The maximum absolute atomic E-state index is 14.6. The second-order valence-electron chi connectivity index (χ2n) is 10.7. The summed E-state index contributed by atoms with van der Waals surface area (Å²) in [7, 11) is 0. The average Bonchev–Trinajstić information content (AvgIpc) is 3.24. The second kappa shape index (κ2) is 9.72. The summed E-state index contributed by atoms with van der Waals surface area (Å²) < 4.78 is 12.1. The van der Waals surface area contributed by atoms with E-state index in [1.165, 1.54) is 4.90 Å². The summed E-state index contributed by atoms with van der Waals surface area (Å²) >= 11 is 0. The average molecular weight is 509 g/mol. The number of benzene rings is 1. The highest BCUT2D eigenvalue weighted by Crippen LogP contribution is 2.54. The molecular formula is C29H36N2O6. The van der Waals surface area contributed by atoms with E-state index in [1.807, 2.05) is 70.2 Å². The minimum atomic E-state index is -1.34. The molecule has 0 saturated carbocycles. The summed E-state index contributed by atoms with van der Waals surface area (Å²) in [5.41, 5.74) is 1.36. The van der Waals surface area contributed by atoms with Crippen molar-refractivity contribution in [1.82, 2.24) is 4.90 Å². The number of nitrogens with zero attached hydrogens (tertiary/aromatic N) is 2. The third-order valence-corrected chi connectivity index (χ3v) is 8.61. The molecule has 4 heterocycles. The zero-order valence-electron chi connectivity index (χ0n) is 21.9. The Kier molecular flexibility index (Phi) is 6.75. The van der Waals surface area contributed by atoms with Crippen LogP contribution in [-0.4, -0.2) is 71.3 Å². The number of ether oxygens (including phenoxy) is 2. The number of para-hydroxylation sites is 1.